The maximum absolute atomic E-state index is 5.14. The fourth-order valence-corrected chi connectivity index (χ4v) is 2.19. The summed E-state index contributed by atoms with van der Waals surface area (Å²) < 4.78 is 12.0. The van der Waals surface area contributed by atoms with Crippen molar-refractivity contribution in [3.63, 3.8) is 0 Å². The number of ether oxygens (including phenoxy) is 2. The van der Waals surface area contributed by atoms with E-state index in [1.54, 1.807) is 36.4 Å². The van der Waals surface area contributed by atoms with E-state index >= 15 is 0 Å². The number of hydrogen-bond donors (Lipinski definition) is 0. The second-order valence-corrected chi connectivity index (χ2v) is 4.14. The second-order valence-electron chi connectivity index (χ2n) is 3.28. The summed E-state index contributed by atoms with van der Waals surface area (Å²) in [6, 6.07) is 0. The molecule has 0 atom stereocenters. The van der Waals surface area contributed by atoms with Gasteiger partial charge in [-0.15, -0.1) is 11.3 Å². The second kappa shape index (κ2) is 4.73. The Labute approximate surface area is 97.6 Å². The van der Waals surface area contributed by atoms with Gasteiger partial charge in [-0.25, -0.2) is 4.98 Å². The molecule has 0 aliphatic carbocycles. The molecule has 2 aromatic rings. The van der Waals surface area contributed by atoms with Crippen molar-refractivity contribution >= 4 is 11.3 Å². The van der Waals surface area contributed by atoms with Gasteiger partial charge < -0.3 is 9.47 Å². The zero-order valence-electron chi connectivity index (χ0n) is 9.38. The van der Waals surface area contributed by atoms with Gasteiger partial charge in [0.1, 0.15) is 10.7 Å². The Morgan fingerprint density at radius 1 is 1.38 bits per heavy atom. The van der Waals surface area contributed by atoms with Crippen molar-refractivity contribution in [2.24, 2.45) is 7.05 Å². The van der Waals surface area contributed by atoms with Crippen LogP contribution in [0.25, 0.3) is 10.6 Å². The molecule has 0 aliphatic heterocycles. The molecule has 5 nitrogen and oxygen atoms in total. The molecule has 0 fully saturated rings. The molecule has 0 bridgehead atoms. The first-order valence-corrected chi connectivity index (χ1v) is 5.62. The highest BCUT2D eigenvalue weighted by Gasteiger charge is 2.14. The van der Waals surface area contributed by atoms with Crippen molar-refractivity contribution < 1.29 is 9.47 Å². The molecule has 0 unspecified atom stereocenters. The zero-order chi connectivity index (χ0) is 11.5. The quantitative estimate of drug-likeness (QED) is 0.764. The van der Waals surface area contributed by atoms with Crippen molar-refractivity contribution in [1.82, 2.24) is 14.8 Å². The van der Waals surface area contributed by atoms with E-state index in [1.165, 1.54) is 0 Å². The maximum Gasteiger partial charge on any atom is 0.201 e. The van der Waals surface area contributed by atoms with E-state index in [0.717, 1.165) is 16.3 Å². The van der Waals surface area contributed by atoms with Gasteiger partial charge in [-0.05, 0) is 0 Å². The van der Waals surface area contributed by atoms with Crippen molar-refractivity contribution in [3.05, 3.63) is 23.5 Å². The molecule has 16 heavy (non-hydrogen) atoms. The van der Waals surface area contributed by atoms with Gasteiger partial charge in [0.15, 0.2) is 0 Å². The summed E-state index contributed by atoms with van der Waals surface area (Å²) in [5, 5.41) is 6.96. The van der Waals surface area contributed by atoms with Gasteiger partial charge >= 0.3 is 0 Å². The van der Waals surface area contributed by atoms with Crippen LogP contribution in [0.4, 0.5) is 0 Å². The molecule has 0 N–H and O–H groups in total. The number of methoxy groups -OCH3 is 2. The largest absolute Gasteiger partial charge is 0.350 e. The minimum absolute atomic E-state index is 0.401. The number of rotatable bonds is 4. The molecular weight excluding hydrogens is 226 g/mol. The first kappa shape index (κ1) is 11.3. The van der Waals surface area contributed by atoms with Gasteiger partial charge in [0, 0.05) is 38.4 Å². The summed E-state index contributed by atoms with van der Waals surface area (Å²) in [5.74, 6) is 0. The third-order valence-corrected chi connectivity index (χ3v) is 3.05. The van der Waals surface area contributed by atoms with E-state index in [0.29, 0.717) is 0 Å². The van der Waals surface area contributed by atoms with E-state index in [1.807, 2.05) is 18.6 Å². The average molecular weight is 239 g/mol. The van der Waals surface area contributed by atoms with E-state index < -0.39 is 6.29 Å². The molecular formula is C10H13N3O2S. The molecule has 2 rings (SSSR count). The molecule has 0 radical (unpaired) electrons. The minimum Gasteiger partial charge on any atom is -0.350 e. The van der Waals surface area contributed by atoms with E-state index in [2.05, 4.69) is 10.1 Å². The zero-order valence-corrected chi connectivity index (χ0v) is 10.2. The molecule has 2 heterocycles. The Hall–Kier alpha value is -1.24. The minimum atomic E-state index is -0.401. The molecule has 0 amide bonds. The topological polar surface area (TPSA) is 49.2 Å². The van der Waals surface area contributed by atoms with Crippen LogP contribution in [0.3, 0.4) is 0 Å². The standard InChI is InChI=1S/C10H13N3O2S/c1-13-5-7(4-11-13)9-12-8(6-16-9)10(14-2)15-3/h4-6,10H,1-3H3. The van der Waals surface area contributed by atoms with Gasteiger partial charge in [-0.1, -0.05) is 0 Å². The highest BCUT2D eigenvalue weighted by molar-refractivity contribution is 7.13. The number of hydrogen-bond acceptors (Lipinski definition) is 5. The van der Waals surface area contributed by atoms with Crippen molar-refractivity contribution in [2.45, 2.75) is 6.29 Å². The Morgan fingerprint density at radius 2 is 2.12 bits per heavy atom. The van der Waals surface area contributed by atoms with Crippen LogP contribution in [0.1, 0.15) is 12.0 Å². The predicted molar refractivity (Wildman–Crippen MR) is 61.1 cm³/mol. The fourth-order valence-electron chi connectivity index (χ4n) is 1.40. The number of thiazole rings is 1. The normalized spacial score (nSPS) is 11.2. The summed E-state index contributed by atoms with van der Waals surface area (Å²) in [6.45, 7) is 0. The third-order valence-electron chi connectivity index (χ3n) is 2.14. The number of nitrogens with zero attached hydrogens (tertiary/aromatic N) is 3. The van der Waals surface area contributed by atoms with Crippen LogP contribution in [0, 0.1) is 0 Å². The van der Waals surface area contributed by atoms with Crippen LogP contribution in [0.15, 0.2) is 17.8 Å². The van der Waals surface area contributed by atoms with Crippen molar-refractivity contribution in [2.75, 3.05) is 14.2 Å². The molecule has 0 aliphatic rings. The molecule has 0 saturated heterocycles. The van der Waals surface area contributed by atoms with Crippen molar-refractivity contribution in [3.8, 4) is 10.6 Å². The lowest BCUT2D eigenvalue weighted by Gasteiger charge is -2.09. The number of aromatic nitrogens is 3. The van der Waals surface area contributed by atoms with Crippen LogP contribution in [-0.4, -0.2) is 29.0 Å². The smallest absolute Gasteiger partial charge is 0.201 e. The van der Waals surface area contributed by atoms with Crippen LogP contribution >= 0.6 is 11.3 Å². The summed E-state index contributed by atoms with van der Waals surface area (Å²) in [6.07, 6.45) is 3.32. The summed E-state index contributed by atoms with van der Waals surface area (Å²) in [4.78, 5) is 4.45. The average Bonchev–Trinajstić information content (AvgIpc) is 2.89. The number of aryl methyl sites for hydroxylation is 1. The molecule has 0 aromatic carbocycles. The Balaban J connectivity index is 2.25. The van der Waals surface area contributed by atoms with E-state index in [4.69, 9.17) is 9.47 Å². The van der Waals surface area contributed by atoms with Gasteiger partial charge in [0.2, 0.25) is 6.29 Å². The Bertz CT molecular complexity index is 462. The first-order chi connectivity index (χ1) is 7.74. The van der Waals surface area contributed by atoms with Gasteiger partial charge in [0.25, 0.3) is 0 Å². The lowest BCUT2D eigenvalue weighted by Crippen LogP contribution is -2.03. The SMILES string of the molecule is COC(OC)c1csc(-c2cnn(C)c2)n1. The van der Waals surface area contributed by atoms with E-state index in [9.17, 15) is 0 Å². The highest BCUT2D eigenvalue weighted by atomic mass is 32.1. The lowest BCUT2D eigenvalue weighted by atomic mass is 10.4. The fraction of sp³-hybridized carbons (Fsp3) is 0.400. The molecule has 86 valence electrons. The third kappa shape index (κ3) is 2.13. The lowest BCUT2D eigenvalue weighted by molar-refractivity contribution is -0.108. The molecule has 0 spiro atoms. The maximum atomic E-state index is 5.14. The molecule has 2 aromatic heterocycles. The van der Waals surface area contributed by atoms with Gasteiger partial charge in [-0.2, -0.15) is 5.10 Å². The monoisotopic (exact) mass is 239 g/mol. The Morgan fingerprint density at radius 3 is 2.69 bits per heavy atom. The van der Waals surface area contributed by atoms with E-state index in [-0.39, 0.29) is 0 Å². The van der Waals surface area contributed by atoms with Gasteiger partial charge in [-0.3, -0.25) is 4.68 Å². The van der Waals surface area contributed by atoms with Crippen LogP contribution in [0.2, 0.25) is 0 Å². The summed E-state index contributed by atoms with van der Waals surface area (Å²) in [5.41, 5.74) is 1.79. The summed E-state index contributed by atoms with van der Waals surface area (Å²) >= 11 is 1.55. The molecule has 0 saturated carbocycles. The van der Waals surface area contributed by atoms with Crippen molar-refractivity contribution in [1.29, 1.82) is 0 Å². The predicted octanol–water partition coefficient (Wildman–Crippen LogP) is 1.83. The highest BCUT2D eigenvalue weighted by Crippen LogP contribution is 2.27. The van der Waals surface area contributed by atoms with Crippen LogP contribution in [-0.2, 0) is 16.5 Å². The first-order valence-electron chi connectivity index (χ1n) is 4.74. The summed E-state index contributed by atoms with van der Waals surface area (Å²) in [7, 11) is 5.07. The van der Waals surface area contributed by atoms with Gasteiger partial charge in [0.05, 0.1) is 6.20 Å². The molecule has 6 heteroatoms. The van der Waals surface area contributed by atoms with Crippen LogP contribution < -0.4 is 0 Å². The Kier molecular flexibility index (Phi) is 3.33. The van der Waals surface area contributed by atoms with Crippen LogP contribution in [0.5, 0.6) is 0 Å².